The summed E-state index contributed by atoms with van der Waals surface area (Å²) in [6.45, 7) is 5.23. The van der Waals surface area contributed by atoms with E-state index in [0.717, 1.165) is 0 Å². The normalized spacial score (nSPS) is 11.3. The van der Waals surface area contributed by atoms with Gasteiger partial charge < -0.3 is 23.7 Å². The number of nitrogens with zero attached hydrogens (tertiary/aromatic N) is 1. The highest BCUT2D eigenvalue weighted by Crippen LogP contribution is 2.36. The Bertz CT molecular complexity index is 1130. The summed E-state index contributed by atoms with van der Waals surface area (Å²) in [7, 11) is 1.75. The number of halogens is 1. The third kappa shape index (κ3) is 7.80. The zero-order valence-electron chi connectivity index (χ0n) is 18.9. The van der Waals surface area contributed by atoms with Gasteiger partial charge in [-0.2, -0.15) is 0 Å². The number of rotatable bonds is 8. The molecule has 0 amide bonds. The van der Waals surface area contributed by atoms with E-state index in [-0.39, 0.29) is 37.5 Å². The number of ether oxygens (including phenoxy) is 3. The Balaban J connectivity index is 2.15. The summed E-state index contributed by atoms with van der Waals surface area (Å²) in [4.78, 5) is 37.5. The Hall–Kier alpha value is -3.03. The minimum Gasteiger partial charge on any atom is -0.506 e. The highest BCUT2D eigenvalue weighted by Gasteiger charge is 2.20. The van der Waals surface area contributed by atoms with Crippen molar-refractivity contribution >= 4 is 39.0 Å². The summed E-state index contributed by atoms with van der Waals surface area (Å²) in [6, 6.07) is 2.75. The van der Waals surface area contributed by atoms with Gasteiger partial charge in [0.1, 0.15) is 30.1 Å². The molecule has 33 heavy (non-hydrogen) atoms. The summed E-state index contributed by atoms with van der Waals surface area (Å²) in [6.07, 6.45) is 4.21. The van der Waals surface area contributed by atoms with E-state index in [1.54, 1.807) is 38.8 Å². The maximum atomic E-state index is 12.1. The van der Waals surface area contributed by atoms with Crippen LogP contribution in [0, 0.1) is 12.3 Å². The summed E-state index contributed by atoms with van der Waals surface area (Å²) in [5, 5.41) is 11.0. The second-order valence-corrected chi connectivity index (χ2v) is 9.11. The van der Waals surface area contributed by atoms with Crippen LogP contribution in [0.3, 0.4) is 0 Å². The van der Waals surface area contributed by atoms with E-state index in [4.69, 9.17) is 25.1 Å². The van der Waals surface area contributed by atoms with Gasteiger partial charge in [0, 0.05) is 23.6 Å². The maximum Gasteiger partial charge on any atom is 0.508 e. The summed E-state index contributed by atoms with van der Waals surface area (Å²) >= 11 is 3.29. The van der Waals surface area contributed by atoms with Gasteiger partial charge in [0.25, 0.3) is 0 Å². The molecule has 0 aliphatic rings. The van der Waals surface area contributed by atoms with Gasteiger partial charge in [0.15, 0.2) is 0 Å². The molecule has 1 aromatic heterocycles. The third-order valence-corrected chi connectivity index (χ3v) is 4.83. The van der Waals surface area contributed by atoms with Crippen LogP contribution in [0.2, 0.25) is 0 Å². The van der Waals surface area contributed by atoms with Crippen LogP contribution in [0.5, 0.6) is 5.75 Å². The topological polar surface area (TPSA) is 116 Å². The molecule has 10 heteroatoms. The predicted octanol–water partition coefficient (Wildman–Crippen LogP) is 3.71. The third-order valence-electron chi connectivity index (χ3n) is 4.22. The quantitative estimate of drug-likeness (QED) is 0.314. The van der Waals surface area contributed by atoms with E-state index < -0.39 is 23.4 Å². The summed E-state index contributed by atoms with van der Waals surface area (Å²) in [5.41, 5.74) is -0.446. The molecule has 0 unspecified atom stereocenters. The number of hydrogen-bond acceptors (Lipinski definition) is 9. The molecule has 0 aliphatic heterocycles. The van der Waals surface area contributed by atoms with Crippen molar-refractivity contribution in [3.05, 3.63) is 38.2 Å². The number of hydrogen-bond donors (Lipinski definition) is 1. The monoisotopic (exact) mass is 523 g/mol. The zero-order valence-corrected chi connectivity index (χ0v) is 20.5. The number of esters is 1. The van der Waals surface area contributed by atoms with E-state index in [1.165, 1.54) is 6.07 Å². The Kier molecular flexibility index (Phi) is 8.91. The standard InChI is InChI=1S/C23H26BrNO8/c1-6-8-25(5)12-16-20(28)17(24)11-15-14(10-19(27)32-21(15)16)13-31-22(29)30-9-7-18(26)33-23(2,3)4/h1,10-11,28H,7-9,12-13H2,2-5H3. The van der Waals surface area contributed by atoms with Crippen molar-refractivity contribution in [2.45, 2.75) is 45.9 Å². The lowest BCUT2D eigenvalue weighted by atomic mass is 10.1. The van der Waals surface area contributed by atoms with Crippen LogP contribution >= 0.6 is 15.9 Å². The lowest BCUT2D eigenvalue weighted by Crippen LogP contribution is -2.24. The van der Waals surface area contributed by atoms with E-state index in [2.05, 4.69) is 21.9 Å². The highest BCUT2D eigenvalue weighted by molar-refractivity contribution is 9.10. The maximum absolute atomic E-state index is 12.1. The van der Waals surface area contributed by atoms with Crippen molar-refractivity contribution in [1.29, 1.82) is 0 Å². The minimum atomic E-state index is -1.01. The average Bonchev–Trinajstić information content (AvgIpc) is 2.69. The van der Waals surface area contributed by atoms with Gasteiger partial charge in [-0.1, -0.05) is 5.92 Å². The van der Waals surface area contributed by atoms with E-state index in [1.807, 2.05) is 0 Å². The van der Waals surface area contributed by atoms with E-state index in [0.29, 0.717) is 27.5 Å². The van der Waals surface area contributed by atoms with Crippen molar-refractivity contribution in [2.75, 3.05) is 20.2 Å². The van der Waals surface area contributed by atoms with Crippen molar-refractivity contribution in [3.63, 3.8) is 0 Å². The van der Waals surface area contributed by atoms with Gasteiger partial charge >= 0.3 is 17.8 Å². The van der Waals surface area contributed by atoms with Gasteiger partial charge in [-0.25, -0.2) is 9.59 Å². The molecule has 0 radical (unpaired) electrons. The second-order valence-electron chi connectivity index (χ2n) is 8.25. The van der Waals surface area contributed by atoms with Crippen LogP contribution in [0.15, 0.2) is 25.8 Å². The van der Waals surface area contributed by atoms with Crippen LogP contribution in [0.4, 0.5) is 4.79 Å². The fourth-order valence-electron chi connectivity index (χ4n) is 2.92. The smallest absolute Gasteiger partial charge is 0.506 e. The van der Waals surface area contributed by atoms with Crippen LogP contribution in [0.25, 0.3) is 11.0 Å². The van der Waals surface area contributed by atoms with E-state index >= 15 is 0 Å². The van der Waals surface area contributed by atoms with Crippen molar-refractivity contribution < 1.29 is 33.3 Å². The molecule has 0 aliphatic carbocycles. The molecule has 0 saturated heterocycles. The molecule has 2 aromatic rings. The van der Waals surface area contributed by atoms with E-state index in [9.17, 15) is 19.5 Å². The van der Waals surface area contributed by atoms with Gasteiger partial charge in [-0.15, -0.1) is 6.42 Å². The first-order valence-corrected chi connectivity index (χ1v) is 10.8. The second kappa shape index (κ2) is 11.2. The molecule has 1 aromatic carbocycles. The molecule has 2 rings (SSSR count). The average molecular weight is 524 g/mol. The van der Waals surface area contributed by atoms with Crippen molar-refractivity contribution in [1.82, 2.24) is 4.90 Å². The Labute approximate surface area is 199 Å². The number of phenolic OH excluding ortho intramolecular Hbond substituents is 1. The van der Waals surface area contributed by atoms with Gasteiger partial charge in [-0.05, 0) is 49.8 Å². The number of aromatic hydroxyl groups is 1. The number of carbonyl (C=O) groups is 2. The minimum absolute atomic E-state index is 0.0888. The molecule has 178 valence electrons. The zero-order chi connectivity index (χ0) is 24.8. The Morgan fingerprint density at radius 3 is 2.61 bits per heavy atom. The number of phenols is 1. The largest absolute Gasteiger partial charge is 0.508 e. The van der Waals surface area contributed by atoms with Gasteiger partial charge in [0.05, 0.1) is 23.0 Å². The highest BCUT2D eigenvalue weighted by atomic mass is 79.9. The van der Waals surface area contributed by atoms with Crippen molar-refractivity contribution in [3.8, 4) is 18.1 Å². The van der Waals surface area contributed by atoms with Crippen LogP contribution < -0.4 is 5.63 Å². The SMILES string of the molecule is C#CCN(C)Cc1c(O)c(Br)cc2c(COC(=O)OCCC(=O)OC(C)(C)C)cc(=O)oc12. The first-order chi connectivity index (χ1) is 15.4. The molecule has 0 fully saturated rings. The molecular formula is C23H26BrNO8. The first kappa shape index (κ1) is 26.2. The molecule has 1 N–H and O–H groups in total. The number of carbonyl (C=O) groups excluding carboxylic acids is 2. The van der Waals surface area contributed by atoms with Crippen LogP contribution in [-0.2, 0) is 32.2 Å². The molecule has 0 bridgehead atoms. The number of terminal acetylenes is 1. The predicted molar refractivity (Wildman–Crippen MR) is 124 cm³/mol. The Morgan fingerprint density at radius 2 is 1.97 bits per heavy atom. The van der Waals surface area contributed by atoms with Crippen molar-refractivity contribution in [2.24, 2.45) is 0 Å². The molecule has 0 atom stereocenters. The summed E-state index contributed by atoms with van der Waals surface area (Å²) < 4.78 is 20.8. The first-order valence-electron chi connectivity index (χ1n) is 10.0. The van der Waals surface area contributed by atoms with Crippen LogP contribution in [-0.4, -0.2) is 47.9 Å². The number of benzene rings is 1. The van der Waals surface area contributed by atoms with Gasteiger partial charge in [0.2, 0.25) is 0 Å². The molecule has 0 saturated carbocycles. The molecule has 0 spiro atoms. The lowest BCUT2D eigenvalue weighted by molar-refractivity contribution is -0.155. The summed E-state index contributed by atoms with van der Waals surface area (Å²) in [5.74, 6) is 1.91. The fraction of sp³-hybridized carbons (Fsp3) is 0.435. The van der Waals surface area contributed by atoms with Gasteiger partial charge in [-0.3, -0.25) is 9.69 Å². The lowest BCUT2D eigenvalue weighted by Gasteiger charge is -2.19. The Morgan fingerprint density at radius 1 is 1.27 bits per heavy atom. The number of fused-ring (bicyclic) bond motifs is 1. The van der Waals surface area contributed by atoms with Crippen LogP contribution in [0.1, 0.15) is 38.3 Å². The fourth-order valence-corrected chi connectivity index (χ4v) is 3.38. The molecule has 1 heterocycles. The molecule has 9 nitrogen and oxygen atoms in total. The molecular weight excluding hydrogens is 498 g/mol.